The summed E-state index contributed by atoms with van der Waals surface area (Å²) >= 11 is 3.03. The zero-order valence-electron chi connectivity index (χ0n) is 9.90. The van der Waals surface area contributed by atoms with Crippen LogP contribution >= 0.6 is 15.9 Å². The van der Waals surface area contributed by atoms with Crippen LogP contribution in [0.2, 0.25) is 0 Å². The lowest BCUT2D eigenvalue weighted by atomic mass is 9.81. The molecule has 1 aliphatic heterocycles. The smallest absolute Gasteiger partial charge is 0.311 e. The normalized spacial score (nSPS) is 25.4. The number of rotatable bonds is 3. The average molecular weight is 351 g/mol. The molecule has 1 saturated heterocycles. The van der Waals surface area contributed by atoms with E-state index in [1.165, 1.54) is 18.2 Å². The van der Waals surface area contributed by atoms with Gasteiger partial charge in [0.15, 0.2) is 9.84 Å². The van der Waals surface area contributed by atoms with Crippen molar-refractivity contribution in [3.8, 4) is 0 Å². The second-order valence-corrected chi connectivity index (χ2v) is 7.89. The van der Waals surface area contributed by atoms with E-state index in [1.54, 1.807) is 0 Å². The SMILES string of the molecule is O=C(O)C1(Cc2ccc(F)c(Br)c2)CCS(=O)(=O)C1. The van der Waals surface area contributed by atoms with Crippen molar-refractivity contribution >= 4 is 31.7 Å². The third-order valence-corrected chi connectivity index (χ3v) is 5.79. The number of hydrogen-bond acceptors (Lipinski definition) is 3. The fraction of sp³-hybridized carbons (Fsp3) is 0.417. The van der Waals surface area contributed by atoms with E-state index in [9.17, 15) is 22.7 Å². The van der Waals surface area contributed by atoms with E-state index in [1.807, 2.05) is 0 Å². The maximum atomic E-state index is 13.1. The molecular formula is C12H12BrFO4S. The Hall–Kier alpha value is -0.950. The van der Waals surface area contributed by atoms with Crippen LogP contribution in [-0.2, 0) is 21.1 Å². The first kappa shape index (κ1) is 14.5. The van der Waals surface area contributed by atoms with Crippen molar-refractivity contribution in [1.29, 1.82) is 0 Å². The largest absolute Gasteiger partial charge is 0.481 e. The fourth-order valence-corrected chi connectivity index (χ4v) is 4.82. The molecule has 1 fully saturated rings. The number of carboxylic acids is 1. The fourth-order valence-electron chi connectivity index (χ4n) is 2.34. The van der Waals surface area contributed by atoms with Gasteiger partial charge < -0.3 is 5.11 Å². The Morgan fingerprint density at radius 3 is 2.63 bits per heavy atom. The number of hydrogen-bond donors (Lipinski definition) is 1. The van der Waals surface area contributed by atoms with Gasteiger partial charge in [-0.1, -0.05) is 6.07 Å². The number of carboxylic acid groups (broad SMARTS) is 1. The highest BCUT2D eigenvalue weighted by atomic mass is 79.9. The minimum Gasteiger partial charge on any atom is -0.481 e. The van der Waals surface area contributed by atoms with Gasteiger partial charge in [0.1, 0.15) is 5.82 Å². The molecule has 1 aliphatic rings. The van der Waals surface area contributed by atoms with Crippen LogP contribution in [0.3, 0.4) is 0 Å². The molecule has 1 unspecified atom stereocenters. The van der Waals surface area contributed by atoms with Crippen molar-refractivity contribution in [1.82, 2.24) is 0 Å². The summed E-state index contributed by atoms with van der Waals surface area (Å²) in [6.07, 6.45) is 0.181. The zero-order valence-corrected chi connectivity index (χ0v) is 12.3. The highest BCUT2D eigenvalue weighted by Gasteiger charge is 2.48. The van der Waals surface area contributed by atoms with Gasteiger partial charge >= 0.3 is 5.97 Å². The third-order valence-electron chi connectivity index (χ3n) is 3.37. The summed E-state index contributed by atoms with van der Waals surface area (Å²) in [5.74, 6) is -2.02. The predicted octanol–water partition coefficient (Wildman–Crippen LogP) is 2.02. The molecule has 1 aromatic carbocycles. The molecule has 1 heterocycles. The van der Waals surface area contributed by atoms with Gasteiger partial charge in [-0.05, 0) is 46.5 Å². The van der Waals surface area contributed by atoms with E-state index in [4.69, 9.17) is 0 Å². The van der Waals surface area contributed by atoms with E-state index in [2.05, 4.69) is 15.9 Å². The van der Waals surface area contributed by atoms with Crippen molar-refractivity contribution in [2.75, 3.05) is 11.5 Å². The minimum absolute atomic E-state index is 0.0838. The van der Waals surface area contributed by atoms with Gasteiger partial charge in [0.25, 0.3) is 0 Å². The molecule has 0 bridgehead atoms. The summed E-state index contributed by atoms with van der Waals surface area (Å²) in [4.78, 5) is 11.4. The van der Waals surface area contributed by atoms with Gasteiger partial charge in [0, 0.05) is 0 Å². The van der Waals surface area contributed by atoms with Gasteiger partial charge in [-0.15, -0.1) is 0 Å². The maximum Gasteiger partial charge on any atom is 0.311 e. The molecule has 1 N–H and O–H groups in total. The summed E-state index contributed by atoms with van der Waals surface area (Å²) < 4.78 is 36.4. The van der Waals surface area contributed by atoms with Crippen molar-refractivity contribution in [2.24, 2.45) is 5.41 Å². The minimum atomic E-state index is -3.30. The van der Waals surface area contributed by atoms with Crippen molar-refractivity contribution in [3.05, 3.63) is 34.1 Å². The zero-order chi connectivity index (χ0) is 14.3. The number of halogens is 2. The van der Waals surface area contributed by atoms with Crippen molar-refractivity contribution < 1.29 is 22.7 Å². The topological polar surface area (TPSA) is 71.4 Å². The monoisotopic (exact) mass is 350 g/mol. The van der Waals surface area contributed by atoms with E-state index in [0.717, 1.165) is 0 Å². The summed E-state index contributed by atoms with van der Waals surface area (Å²) in [5.41, 5.74) is -0.691. The first-order valence-corrected chi connectivity index (χ1v) is 8.23. The second kappa shape index (κ2) is 4.86. The number of carbonyl (C=O) groups is 1. The van der Waals surface area contributed by atoms with Crippen LogP contribution in [0, 0.1) is 11.2 Å². The summed E-state index contributed by atoms with van der Waals surface area (Å²) in [6.45, 7) is 0. The van der Waals surface area contributed by atoms with Crippen LogP contribution in [0.25, 0.3) is 0 Å². The predicted molar refractivity (Wildman–Crippen MR) is 71.1 cm³/mol. The molecule has 0 radical (unpaired) electrons. The van der Waals surface area contributed by atoms with Crippen LogP contribution in [0.1, 0.15) is 12.0 Å². The van der Waals surface area contributed by atoms with E-state index in [0.29, 0.717) is 5.56 Å². The van der Waals surface area contributed by atoms with Gasteiger partial charge in [0.2, 0.25) is 0 Å². The highest BCUT2D eigenvalue weighted by Crippen LogP contribution is 2.36. The lowest BCUT2D eigenvalue weighted by Crippen LogP contribution is -2.34. The van der Waals surface area contributed by atoms with Gasteiger partial charge in [-0.25, -0.2) is 12.8 Å². The van der Waals surface area contributed by atoms with E-state index < -0.39 is 27.0 Å². The Kier molecular flexibility index (Phi) is 3.70. The first-order valence-electron chi connectivity index (χ1n) is 5.62. The molecule has 0 spiro atoms. The van der Waals surface area contributed by atoms with Gasteiger partial charge in [0.05, 0.1) is 21.4 Å². The Bertz CT molecular complexity index is 629. The lowest BCUT2D eigenvalue weighted by molar-refractivity contribution is -0.147. The Morgan fingerprint density at radius 2 is 2.16 bits per heavy atom. The van der Waals surface area contributed by atoms with Crippen molar-refractivity contribution in [2.45, 2.75) is 12.8 Å². The molecule has 2 rings (SSSR count). The van der Waals surface area contributed by atoms with E-state index >= 15 is 0 Å². The third kappa shape index (κ3) is 2.97. The molecule has 1 atom stereocenters. The van der Waals surface area contributed by atoms with Crippen LogP contribution in [0.4, 0.5) is 4.39 Å². The van der Waals surface area contributed by atoms with Crippen LogP contribution < -0.4 is 0 Å². The van der Waals surface area contributed by atoms with Crippen LogP contribution in [0.5, 0.6) is 0 Å². The maximum absolute atomic E-state index is 13.1. The summed E-state index contributed by atoms with van der Waals surface area (Å²) in [6, 6.07) is 4.21. The standard InChI is InChI=1S/C12H12BrFO4S/c13-9-5-8(1-2-10(9)14)6-12(11(15)16)3-4-19(17,18)7-12/h1-2,5H,3-4,6-7H2,(H,15,16). The first-order chi connectivity index (χ1) is 8.74. The van der Waals surface area contributed by atoms with Gasteiger partial charge in [-0.3, -0.25) is 4.79 Å². The molecule has 0 amide bonds. The molecule has 0 aromatic heterocycles. The molecule has 104 valence electrons. The van der Waals surface area contributed by atoms with Gasteiger partial charge in [-0.2, -0.15) is 0 Å². The Balaban J connectivity index is 2.32. The molecule has 0 aliphatic carbocycles. The molecule has 0 saturated carbocycles. The number of aliphatic carboxylic acids is 1. The molecule has 7 heteroatoms. The second-order valence-electron chi connectivity index (χ2n) is 4.85. The molecule has 4 nitrogen and oxygen atoms in total. The lowest BCUT2D eigenvalue weighted by Gasteiger charge is -2.22. The molecular weight excluding hydrogens is 339 g/mol. The average Bonchev–Trinajstić information content (AvgIpc) is 2.61. The number of sulfone groups is 1. The summed E-state index contributed by atoms with van der Waals surface area (Å²) in [7, 11) is -3.30. The van der Waals surface area contributed by atoms with Crippen LogP contribution in [0.15, 0.2) is 22.7 Å². The highest BCUT2D eigenvalue weighted by molar-refractivity contribution is 9.10. The molecule has 19 heavy (non-hydrogen) atoms. The number of benzene rings is 1. The Morgan fingerprint density at radius 1 is 1.47 bits per heavy atom. The van der Waals surface area contributed by atoms with E-state index in [-0.39, 0.29) is 28.8 Å². The quantitative estimate of drug-likeness (QED) is 0.905. The Labute approximate surface area is 118 Å². The van der Waals surface area contributed by atoms with Crippen molar-refractivity contribution in [3.63, 3.8) is 0 Å². The molecule has 1 aromatic rings. The summed E-state index contributed by atoms with van der Waals surface area (Å²) in [5, 5.41) is 9.33. The van der Waals surface area contributed by atoms with Crippen LogP contribution in [-0.4, -0.2) is 31.0 Å².